The quantitative estimate of drug-likeness (QED) is 0.444. The van der Waals surface area contributed by atoms with Crippen molar-refractivity contribution < 1.29 is 4.74 Å². The zero-order valence-corrected chi connectivity index (χ0v) is 5.19. The van der Waals surface area contributed by atoms with Crippen molar-refractivity contribution in [3.05, 3.63) is 0 Å². The summed E-state index contributed by atoms with van der Waals surface area (Å²) in [5, 5.41) is 2.75. The SMILES string of the molecule is CC1CO1.CNC. The van der Waals surface area contributed by atoms with Gasteiger partial charge in [0.2, 0.25) is 0 Å². The summed E-state index contributed by atoms with van der Waals surface area (Å²) < 4.78 is 4.71. The molecule has 0 amide bonds. The van der Waals surface area contributed by atoms with E-state index < -0.39 is 0 Å². The highest BCUT2D eigenvalue weighted by Gasteiger charge is 2.13. The van der Waals surface area contributed by atoms with Crippen LogP contribution in [0, 0.1) is 0 Å². The highest BCUT2D eigenvalue weighted by molar-refractivity contribution is 4.58. The molecule has 1 aliphatic heterocycles. The molecule has 0 aromatic carbocycles. The van der Waals surface area contributed by atoms with E-state index in [4.69, 9.17) is 4.74 Å². The van der Waals surface area contributed by atoms with Crippen molar-refractivity contribution in [1.29, 1.82) is 0 Å². The van der Waals surface area contributed by atoms with Gasteiger partial charge in [0.05, 0.1) is 12.7 Å². The molecule has 1 N–H and O–H groups in total. The minimum atomic E-state index is 0.583. The molecule has 1 atom stereocenters. The fourth-order valence-electron chi connectivity index (χ4n) is 0.0962. The summed E-state index contributed by atoms with van der Waals surface area (Å²) in [7, 11) is 3.75. The summed E-state index contributed by atoms with van der Waals surface area (Å²) >= 11 is 0. The molecule has 1 heterocycles. The van der Waals surface area contributed by atoms with Crippen molar-refractivity contribution >= 4 is 0 Å². The summed E-state index contributed by atoms with van der Waals surface area (Å²) in [6, 6.07) is 0. The third-order valence-electron chi connectivity index (χ3n) is 0.500. The number of hydrogen-bond donors (Lipinski definition) is 1. The summed E-state index contributed by atoms with van der Waals surface area (Å²) in [5.41, 5.74) is 0. The normalized spacial score (nSPS) is 25.3. The van der Waals surface area contributed by atoms with Crippen LogP contribution in [0.15, 0.2) is 0 Å². The predicted octanol–water partition coefficient (Wildman–Crippen LogP) is 0.241. The lowest BCUT2D eigenvalue weighted by molar-refractivity contribution is 0.423. The van der Waals surface area contributed by atoms with Crippen molar-refractivity contribution in [1.82, 2.24) is 5.32 Å². The lowest BCUT2D eigenvalue weighted by Gasteiger charge is -1.59. The van der Waals surface area contributed by atoms with E-state index in [1.807, 2.05) is 14.1 Å². The molecule has 1 rings (SSSR count). The molecule has 0 radical (unpaired) electrons. The van der Waals surface area contributed by atoms with Gasteiger partial charge in [-0.1, -0.05) is 0 Å². The van der Waals surface area contributed by atoms with E-state index in [-0.39, 0.29) is 0 Å². The average Bonchev–Trinajstić information content (AvgIpc) is 2.25. The Morgan fingerprint density at radius 3 is 1.71 bits per heavy atom. The Bertz CT molecular complexity index is 35.1. The number of rotatable bonds is 0. The van der Waals surface area contributed by atoms with Gasteiger partial charge >= 0.3 is 0 Å². The van der Waals surface area contributed by atoms with E-state index in [2.05, 4.69) is 12.2 Å². The first kappa shape index (κ1) is 6.92. The molecule has 44 valence electrons. The maximum Gasteiger partial charge on any atom is 0.0781 e. The highest BCUT2D eigenvalue weighted by Crippen LogP contribution is 2.04. The topological polar surface area (TPSA) is 24.6 Å². The lowest BCUT2D eigenvalue weighted by atomic mass is 10.6. The van der Waals surface area contributed by atoms with Crippen molar-refractivity contribution in [3.63, 3.8) is 0 Å². The largest absolute Gasteiger partial charge is 0.373 e. The van der Waals surface area contributed by atoms with Crippen LogP contribution in [0.4, 0.5) is 0 Å². The van der Waals surface area contributed by atoms with Gasteiger partial charge in [-0.05, 0) is 21.0 Å². The molecule has 7 heavy (non-hydrogen) atoms. The minimum absolute atomic E-state index is 0.583. The lowest BCUT2D eigenvalue weighted by Crippen LogP contribution is -1.89. The molecule has 0 saturated carbocycles. The van der Waals surface area contributed by atoms with Crippen LogP contribution in [0.25, 0.3) is 0 Å². The monoisotopic (exact) mass is 103 g/mol. The van der Waals surface area contributed by atoms with E-state index in [9.17, 15) is 0 Å². The zero-order chi connectivity index (χ0) is 5.70. The maximum absolute atomic E-state index is 4.71. The Balaban J connectivity index is 0.000000110. The Kier molecular flexibility index (Phi) is 4.04. The Labute approximate surface area is 44.9 Å². The van der Waals surface area contributed by atoms with Crippen LogP contribution in [0.2, 0.25) is 0 Å². The second-order valence-electron chi connectivity index (χ2n) is 1.64. The second-order valence-corrected chi connectivity index (χ2v) is 1.64. The molecule has 0 aromatic heterocycles. The van der Waals surface area contributed by atoms with Gasteiger partial charge in [0.1, 0.15) is 0 Å². The van der Waals surface area contributed by atoms with Crippen LogP contribution in [-0.2, 0) is 4.74 Å². The predicted molar refractivity (Wildman–Crippen MR) is 30.4 cm³/mol. The third-order valence-corrected chi connectivity index (χ3v) is 0.500. The average molecular weight is 103 g/mol. The van der Waals surface area contributed by atoms with Crippen LogP contribution in [0.5, 0.6) is 0 Å². The van der Waals surface area contributed by atoms with E-state index in [0.29, 0.717) is 6.10 Å². The number of epoxide rings is 1. The number of nitrogens with one attached hydrogen (secondary N) is 1. The smallest absolute Gasteiger partial charge is 0.0781 e. The molecule has 2 heteroatoms. The van der Waals surface area contributed by atoms with Crippen LogP contribution in [0.3, 0.4) is 0 Å². The van der Waals surface area contributed by atoms with Gasteiger partial charge in [0, 0.05) is 0 Å². The maximum atomic E-state index is 4.71. The first-order valence-electron chi connectivity index (χ1n) is 2.51. The van der Waals surface area contributed by atoms with E-state index in [1.54, 1.807) is 0 Å². The molecule has 0 aliphatic carbocycles. The highest BCUT2D eigenvalue weighted by atomic mass is 16.6. The van der Waals surface area contributed by atoms with Crippen LogP contribution < -0.4 is 5.32 Å². The first-order valence-corrected chi connectivity index (χ1v) is 2.51. The van der Waals surface area contributed by atoms with E-state index in [0.717, 1.165) is 6.61 Å². The molecular weight excluding hydrogens is 90.1 g/mol. The van der Waals surface area contributed by atoms with Gasteiger partial charge in [-0.25, -0.2) is 0 Å². The number of hydrogen-bond acceptors (Lipinski definition) is 2. The van der Waals surface area contributed by atoms with Crippen molar-refractivity contribution in [2.75, 3.05) is 20.7 Å². The van der Waals surface area contributed by atoms with Gasteiger partial charge < -0.3 is 10.1 Å². The molecule has 1 aliphatic rings. The summed E-state index contributed by atoms with van der Waals surface area (Å²) in [4.78, 5) is 0. The van der Waals surface area contributed by atoms with Gasteiger partial charge in [-0.3, -0.25) is 0 Å². The van der Waals surface area contributed by atoms with Gasteiger partial charge in [0.25, 0.3) is 0 Å². The van der Waals surface area contributed by atoms with Crippen LogP contribution in [0.1, 0.15) is 6.92 Å². The molecule has 1 saturated heterocycles. The first-order chi connectivity index (χ1) is 3.31. The molecule has 2 nitrogen and oxygen atoms in total. The van der Waals surface area contributed by atoms with E-state index >= 15 is 0 Å². The minimum Gasteiger partial charge on any atom is -0.373 e. The summed E-state index contributed by atoms with van der Waals surface area (Å²) in [5.74, 6) is 0. The summed E-state index contributed by atoms with van der Waals surface area (Å²) in [6.07, 6.45) is 0.583. The fourth-order valence-corrected chi connectivity index (χ4v) is 0.0962. The molecule has 0 bridgehead atoms. The van der Waals surface area contributed by atoms with Crippen LogP contribution >= 0.6 is 0 Å². The van der Waals surface area contributed by atoms with Gasteiger partial charge in [-0.2, -0.15) is 0 Å². The third kappa shape index (κ3) is 10.7. The zero-order valence-electron chi connectivity index (χ0n) is 5.19. The molecule has 1 unspecified atom stereocenters. The van der Waals surface area contributed by atoms with Crippen molar-refractivity contribution in [3.8, 4) is 0 Å². The summed E-state index contributed by atoms with van der Waals surface area (Å²) in [6.45, 7) is 3.04. The molecular formula is C5H13NO. The standard InChI is InChI=1S/C3H6O.C2H7N/c1-3-2-4-3;1-3-2/h3H,2H2,1H3;3H,1-2H3. The van der Waals surface area contributed by atoms with Crippen molar-refractivity contribution in [2.45, 2.75) is 13.0 Å². The Hall–Kier alpha value is -0.0800. The fraction of sp³-hybridized carbons (Fsp3) is 1.00. The van der Waals surface area contributed by atoms with Gasteiger partial charge in [0.15, 0.2) is 0 Å². The number of ether oxygens (including phenoxy) is 1. The molecule has 0 spiro atoms. The molecule has 0 aromatic rings. The Morgan fingerprint density at radius 1 is 1.57 bits per heavy atom. The second kappa shape index (κ2) is 4.09. The Morgan fingerprint density at radius 2 is 1.71 bits per heavy atom. The molecule has 1 fully saturated rings. The van der Waals surface area contributed by atoms with E-state index in [1.165, 1.54) is 0 Å². The van der Waals surface area contributed by atoms with Gasteiger partial charge in [-0.15, -0.1) is 0 Å². The van der Waals surface area contributed by atoms with Crippen molar-refractivity contribution in [2.24, 2.45) is 0 Å². The van der Waals surface area contributed by atoms with Crippen LogP contribution in [-0.4, -0.2) is 26.8 Å².